The van der Waals surface area contributed by atoms with Gasteiger partial charge in [0, 0.05) is 23.3 Å². The number of aromatic nitrogens is 1. The monoisotopic (exact) mass is 268 g/mol. The Morgan fingerprint density at radius 3 is 2.95 bits per heavy atom. The highest BCUT2D eigenvalue weighted by Crippen LogP contribution is 2.31. The first-order valence-electron chi connectivity index (χ1n) is 7.83. The number of rotatable bonds is 3. The van der Waals surface area contributed by atoms with E-state index in [2.05, 4.69) is 48.4 Å². The minimum absolute atomic E-state index is 0.630. The lowest BCUT2D eigenvalue weighted by Crippen LogP contribution is -2.29. The summed E-state index contributed by atoms with van der Waals surface area (Å²) in [5.74, 6) is 1.68. The summed E-state index contributed by atoms with van der Waals surface area (Å²) in [6, 6.07) is 11.3. The van der Waals surface area contributed by atoms with Crippen molar-refractivity contribution in [3.05, 3.63) is 36.5 Å². The minimum Gasteiger partial charge on any atom is -0.382 e. The van der Waals surface area contributed by atoms with Gasteiger partial charge >= 0.3 is 0 Å². The van der Waals surface area contributed by atoms with Crippen LogP contribution in [0.1, 0.15) is 39.5 Å². The Balaban J connectivity index is 1.72. The molecule has 3 rings (SSSR count). The molecule has 1 fully saturated rings. The van der Waals surface area contributed by atoms with Crippen molar-refractivity contribution < 1.29 is 0 Å². The van der Waals surface area contributed by atoms with Gasteiger partial charge in [-0.05, 0) is 48.9 Å². The Kier molecular flexibility index (Phi) is 3.90. The molecule has 0 spiro atoms. The normalized spacial score (nSPS) is 23.1. The van der Waals surface area contributed by atoms with E-state index in [-0.39, 0.29) is 0 Å². The number of nitrogens with zero attached hydrogens (tertiary/aromatic N) is 1. The summed E-state index contributed by atoms with van der Waals surface area (Å²) in [5.41, 5.74) is 2.31. The van der Waals surface area contributed by atoms with Crippen LogP contribution in [0, 0.1) is 11.8 Å². The van der Waals surface area contributed by atoms with E-state index in [1.54, 1.807) is 0 Å². The van der Waals surface area contributed by atoms with Gasteiger partial charge < -0.3 is 5.32 Å². The summed E-state index contributed by atoms with van der Waals surface area (Å²) >= 11 is 0. The molecule has 20 heavy (non-hydrogen) atoms. The second kappa shape index (κ2) is 5.82. The van der Waals surface area contributed by atoms with Crippen molar-refractivity contribution in [2.75, 3.05) is 5.32 Å². The van der Waals surface area contributed by atoms with Crippen LogP contribution in [-0.4, -0.2) is 11.0 Å². The zero-order chi connectivity index (χ0) is 13.9. The molecule has 1 aliphatic carbocycles. The Bertz CT molecular complexity index is 576. The highest BCUT2D eigenvalue weighted by atomic mass is 14.9. The van der Waals surface area contributed by atoms with Gasteiger partial charge in [0.1, 0.15) is 0 Å². The number of fused-ring (bicyclic) bond motifs is 1. The van der Waals surface area contributed by atoms with Crippen molar-refractivity contribution >= 4 is 16.6 Å². The predicted octanol–water partition coefficient (Wildman–Crippen LogP) is 4.86. The van der Waals surface area contributed by atoms with Gasteiger partial charge in [-0.2, -0.15) is 0 Å². The van der Waals surface area contributed by atoms with Gasteiger partial charge in [-0.25, -0.2) is 0 Å². The molecule has 2 aromatic rings. The Morgan fingerprint density at radius 2 is 2.10 bits per heavy atom. The Labute approximate surface area is 121 Å². The Morgan fingerprint density at radius 1 is 1.20 bits per heavy atom. The maximum atomic E-state index is 4.38. The molecule has 1 aromatic carbocycles. The van der Waals surface area contributed by atoms with Crippen molar-refractivity contribution in [1.29, 1.82) is 0 Å². The van der Waals surface area contributed by atoms with Crippen LogP contribution in [0.2, 0.25) is 0 Å². The summed E-state index contributed by atoms with van der Waals surface area (Å²) in [7, 11) is 0. The summed E-state index contributed by atoms with van der Waals surface area (Å²) in [5, 5.41) is 4.95. The molecule has 1 saturated carbocycles. The van der Waals surface area contributed by atoms with Crippen LogP contribution < -0.4 is 5.32 Å². The largest absolute Gasteiger partial charge is 0.382 e. The molecule has 2 atom stereocenters. The molecule has 1 N–H and O–H groups in total. The molecule has 1 heterocycles. The number of benzene rings is 1. The van der Waals surface area contributed by atoms with Crippen molar-refractivity contribution in [3.8, 4) is 0 Å². The third-order valence-electron chi connectivity index (χ3n) is 4.63. The molecule has 0 aliphatic heterocycles. The van der Waals surface area contributed by atoms with E-state index in [4.69, 9.17) is 0 Å². The first kappa shape index (κ1) is 13.4. The van der Waals surface area contributed by atoms with E-state index < -0.39 is 0 Å². The van der Waals surface area contributed by atoms with Crippen LogP contribution in [0.3, 0.4) is 0 Å². The quantitative estimate of drug-likeness (QED) is 0.859. The van der Waals surface area contributed by atoms with Gasteiger partial charge in [0.05, 0.1) is 5.52 Å². The van der Waals surface area contributed by atoms with Crippen molar-refractivity contribution in [2.45, 2.75) is 45.6 Å². The van der Waals surface area contributed by atoms with Gasteiger partial charge in [0.25, 0.3) is 0 Å². The van der Waals surface area contributed by atoms with Gasteiger partial charge in [0.2, 0.25) is 0 Å². The number of anilines is 1. The van der Waals surface area contributed by atoms with Crippen LogP contribution in [0.4, 0.5) is 5.69 Å². The highest BCUT2D eigenvalue weighted by Gasteiger charge is 2.23. The maximum absolute atomic E-state index is 4.38. The zero-order valence-corrected chi connectivity index (χ0v) is 12.5. The highest BCUT2D eigenvalue weighted by molar-refractivity contribution is 5.82. The molecule has 2 unspecified atom stereocenters. The maximum Gasteiger partial charge on any atom is 0.0703 e. The second-order valence-electron chi connectivity index (χ2n) is 6.42. The summed E-state index contributed by atoms with van der Waals surface area (Å²) < 4.78 is 0. The lowest BCUT2D eigenvalue weighted by Gasteiger charge is -2.32. The fraction of sp³-hybridized carbons (Fsp3) is 0.500. The first-order chi connectivity index (χ1) is 9.72. The predicted molar refractivity (Wildman–Crippen MR) is 85.9 cm³/mol. The molecule has 0 radical (unpaired) electrons. The summed E-state index contributed by atoms with van der Waals surface area (Å²) in [6.45, 7) is 4.71. The van der Waals surface area contributed by atoms with E-state index in [9.17, 15) is 0 Å². The molecule has 2 nitrogen and oxygen atoms in total. The number of hydrogen-bond acceptors (Lipinski definition) is 2. The van der Waals surface area contributed by atoms with E-state index in [1.807, 2.05) is 12.3 Å². The van der Waals surface area contributed by atoms with Gasteiger partial charge in [-0.1, -0.05) is 32.8 Å². The molecule has 0 saturated heterocycles. The number of nitrogens with one attached hydrogen (secondary N) is 1. The van der Waals surface area contributed by atoms with Crippen LogP contribution >= 0.6 is 0 Å². The third kappa shape index (κ3) is 2.95. The van der Waals surface area contributed by atoms with E-state index >= 15 is 0 Å². The molecule has 0 bridgehead atoms. The molecule has 0 amide bonds. The lowest BCUT2D eigenvalue weighted by atomic mass is 9.79. The van der Waals surface area contributed by atoms with E-state index in [0.717, 1.165) is 17.4 Å². The molecular formula is C18H24N2. The molecule has 106 valence electrons. The van der Waals surface area contributed by atoms with Gasteiger partial charge in [-0.3, -0.25) is 4.98 Å². The Hall–Kier alpha value is -1.57. The minimum atomic E-state index is 0.630. The molecule has 1 aliphatic rings. The van der Waals surface area contributed by atoms with E-state index in [1.165, 1.54) is 36.8 Å². The lowest BCUT2D eigenvalue weighted by molar-refractivity contribution is 0.264. The van der Waals surface area contributed by atoms with Crippen molar-refractivity contribution in [1.82, 2.24) is 4.98 Å². The van der Waals surface area contributed by atoms with Crippen LogP contribution in [0.25, 0.3) is 10.9 Å². The fourth-order valence-electron chi connectivity index (χ4n) is 3.37. The second-order valence-corrected chi connectivity index (χ2v) is 6.42. The fourth-order valence-corrected chi connectivity index (χ4v) is 3.37. The average molecular weight is 268 g/mol. The SMILES string of the molecule is CC(C)C1CCCC(Nc2ccc3ncccc3c2)C1. The van der Waals surface area contributed by atoms with Crippen LogP contribution in [-0.2, 0) is 0 Å². The first-order valence-corrected chi connectivity index (χ1v) is 7.83. The molecular weight excluding hydrogens is 244 g/mol. The summed E-state index contributed by atoms with van der Waals surface area (Å²) in [4.78, 5) is 4.38. The number of pyridine rings is 1. The average Bonchev–Trinajstić information content (AvgIpc) is 2.47. The third-order valence-corrected chi connectivity index (χ3v) is 4.63. The standard InChI is InChI=1S/C18H24N2/c1-13(2)14-5-3-7-16(11-14)20-17-8-9-18-15(12-17)6-4-10-19-18/h4,6,8-10,12-14,16,20H,3,5,7,11H2,1-2H3. The van der Waals surface area contributed by atoms with Gasteiger partial charge in [-0.15, -0.1) is 0 Å². The van der Waals surface area contributed by atoms with Gasteiger partial charge in [0.15, 0.2) is 0 Å². The zero-order valence-electron chi connectivity index (χ0n) is 12.5. The van der Waals surface area contributed by atoms with Crippen molar-refractivity contribution in [3.63, 3.8) is 0 Å². The topological polar surface area (TPSA) is 24.9 Å². The van der Waals surface area contributed by atoms with E-state index in [0.29, 0.717) is 6.04 Å². The van der Waals surface area contributed by atoms with Crippen LogP contribution in [0.5, 0.6) is 0 Å². The smallest absolute Gasteiger partial charge is 0.0703 e. The van der Waals surface area contributed by atoms with Crippen LogP contribution in [0.15, 0.2) is 36.5 Å². The molecule has 2 heteroatoms. The van der Waals surface area contributed by atoms with Crippen molar-refractivity contribution in [2.24, 2.45) is 11.8 Å². The number of hydrogen-bond donors (Lipinski definition) is 1. The summed E-state index contributed by atoms with van der Waals surface area (Å²) in [6.07, 6.45) is 7.22. The molecule has 1 aromatic heterocycles.